The Bertz CT molecular complexity index is 234. The molecule has 0 saturated carbocycles. The van der Waals surface area contributed by atoms with Crippen molar-refractivity contribution in [1.29, 1.82) is 0 Å². The van der Waals surface area contributed by atoms with E-state index in [2.05, 4.69) is 35.9 Å². The van der Waals surface area contributed by atoms with Crippen LogP contribution in [-0.4, -0.2) is 60.6 Å². The van der Waals surface area contributed by atoms with E-state index in [1.54, 1.807) is 0 Å². The van der Waals surface area contributed by atoms with Gasteiger partial charge in [0.25, 0.3) is 0 Å². The Balaban J connectivity index is 1.70. The number of rotatable bonds is 4. The van der Waals surface area contributed by atoms with Crippen molar-refractivity contribution in [2.75, 3.05) is 39.3 Å². The van der Waals surface area contributed by atoms with Crippen LogP contribution < -0.4 is 5.32 Å². The average Bonchev–Trinajstić information content (AvgIpc) is 2.37. The standard InChI is InChI=1S/C15H31N3/c1-4-5-8-17-9-11-18(12-10-17)14-6-7-15(2,3)16-13-14/h14,16H,4-13H2,1-3H3. The smallest absolute Gasteiger partial charge is 0.0222 e. The van der Waals surface area contributed by atoms with Crippen molar-refractivity contribution in [2.24, 2.45) is 0 Å². The molecule has 1 N–H and O–H groups in total. The van der Waals surface area contributed by atoms with Crippen LogP contribution >= 0.6 is 0 Å². The summed E-state index contributed by atoms with van der Waals surface area (Å²) in [6.45, 7) is 14.5. The minimum absolute atomic E-state index is 0.361. The first-order valence-corrected chi connectivity index (χ1v) is 7.82. The van der Waals surface area contributed by atoms with E-state index in [-0.39, 0.29) is 0 Å². The van der Waals surface area contributed by atoms with Crippen LogP contribution in [0.15, 0.2) is 0 Å². The Morgan fingerprint density at radius 1 is 1.17 bits per heavy atom. The van der Waals surface area contributed by atoms with Gasteiger partial charge >= 0.3 is 0 Å². The number of hydrogen-bond acceptors (Lipinski definition) is 3. The van der Waals surface area contributed by atoms with E-state index in [9.17, 15) is 0 Å². The van der Waals surface area contributed by atoms with E-state index in [4.69, 9.17) is 0 Å². The molecule has 106 valence electrons. The molecule has 0 aromatic rings. The molecule has 3 nitrogen and oxygen atoms in total. The van der Waals surface area contributed by atoms with Crippen molar-refractivity contribution in [3.63, 3.8) is 0 Å². The van der Waals surface area contributed by atoms with Crippen molar-refractivity contribution in [3.8, 4) is 0 Å². The fourth-order valence-corrected chi connectivity index (χ4v) is 3.16. The van der Waals surface area contributed by atoms with Gasteiger partial charge in [0.2, 0.25) is 0 Å². The predicted molar refractivity (Wildman–Crippen MR) is 78.0 cm³/mol. The van der Waals surface area contributed by atoms with Crippen LogP contribution in [0.1, 0.15) is 46.5 Å². The van der Waals surface area contributed by atoms with Gasteiger partial charge in [-0.15, -0.1) is 0 Å². The van der Waals surface area contributed by atoms with Crippen LogP contribution in [0, 0.1) is 0 Å². The van der Waals surface area contributed by atoms with Gasteiger partial charge in [-0.1, -0.05) is 13.3 Å². The van der Waals surface area contributed by atoms with E-state index in [0.29, 0.717) is 5.54 Å². The molecule has 1 atom stereocenters. The molecular formula is C15H31N3. The number of piperidine rings is 1. The Hall–Kier alpha value is -0.120. The van der Waals surface area contributed by atoms with Gasteiger partial charge in [0.1, 0.15) is 0 Å². The van der Waals surface area contributed by atoms with Gasteiger partial charge < -0.3 is 10.2 Å². The minimum Gasteiger partial charge on any atom is -0.310 e. The van der Waals surface area contributed by atoms with Gasteiger partial charge in [0.05, 0.1) is 0 Å². The second kappa shape index (κ2) is 6.36. The summed E-state index contributed by atoms with van der Waals surface area (Å²) in [5.74, 6) is 0. The fourth-order valence-electron chi connectivity index (χ4n) is 3.16. The van der Waals surface area contributed by atoms with Crippen molar-refractivity contribution < 1.29 is 0 Å². The average molecular weight is 253 g/mol. The molecule has 3 heteroatoms. The molecule has 2 saturated heterocycles. The van der Waals surface area contributed by atoms with Crippen LogP contribution in [0.5, 0.6) is 0 Å². The number of unbranched alkanes of at least 4 members (excludes halogenated alkanes) is 1. The molecule has 2 aliphatic heterocycles. The molecule has 0 aromatic carbocycles. The van der Waals surface area contributed by atoms with E-state index >= 15 is 0 Å². The highest BCUT2D eigenvalue weighted by molar-refractivity contribution is 4.90. The summed E-state index contributed by atoms with van der Waals surface area (Å²) >= 11 is 0. The zero-order chi connectivity index (χ0) is 13.0. The molecule has 0 aliphatic carbocycles. The molecule has 18 heavy (non-hydrogen) atoms. The summed E-state index contributed by atoms with van der Waals surface area (Å²) < 4.78 is 0. The lowest BCUT2D eigenvalue weighted by atomic mass is 9.90. The maximum absolute atomic E-state index is 3.70. The molecule has 2 rings (SSSR count). The maximum Gasteiger partial charge on any atom is 0.0222 e. The van der Waals surface area contributed by atoms with Gasteiger partial charge in [-0.25, -0.2) is 0 Å². The van der Waals surface area contributed by atoms with Crippen LogP contribution in [0.3, 0.4) is 0 Å². The van der Waals surface area contributed by atoms with Crippen molar-refractivity contribution in [1.82, 2.24) is 15.1 Å². The SMILES string of the molecule is CCCCN1CCN(C2CCC(C)(C)NC2)CC1. The van der Waals surface area contributed by atoms with Crippen LogP contribution in [0.25, 0.3) is 0 Å². The Morgan fingerprint density at radius 2 is 1.89 bits per heavy atom. The highest BCUT2D eigenvalue weighted by Crippen LogP contribution is 2.22. The topological polar surface area (TPSA) is 18.5 Å². The lowest BCUT2D eigenvalue weighted by molar-refractivity contribution is 0.0698. The third kappa shape index (κ3) is 3.94. The molecule has 2 aliphatic rings. The highest BCUT2D eigenvalue weighted by Gasteiger charge is 2.30. The zero-order valence-corrected chi connectivity index (χ0v) is 12.5. The molecular weight excluding hydrogens is 222 g/mol. The third-order valence-corrected chi connectivity index (χ3v) is 4.67. The first-order chi connectivity index (χ1) is 8.61. The van der Waals surface area contributed by atoms with Gasteiger partial charge in [-0.05, 0) is 39.7 Å². The van der Waals surface area contributed by atoms with Gasteiger partial charge in [-0.2, -0.15) is 0 Å². The number of nitrogens with one attached hydrogen (secondary N) is 1. The van der Waals surface area contributed by atoms with Gasteiger partial charge in [0, 0.05) is 44.3 Å². The minimum atomic E-state index is 0.361. The lowest BCUT2D eigenvalue weighted by Crippen LogP contribution is -2.58. The molecule has 2 heterocycles. The summed E-state index contributed by atoms with van der Waals surface area (Å²) in [5.41, 5.74) is 0.361. The van der Waals surface area contributed by atoms with Gasteiger partial charge in [-0.3, -0.25) is 4.90 Å². The number of piperazine rings is 1. The predicted octanol–water partition coefficient (Wildman–Crippen LogP) is 1.93. The molecule has 0 radical (unpaired) electrons. The summed E-state index contributed by atoms with van der Waals surface area (Å²) in [7, 11) is 0. The second-order valence-electron chi connectivity index (χ2n) is 6.69. The monoisotopic (exact) mass is 253 g/mol. The van der Waals surface area contributed by atoms with E-state index in [0.717, 1.165) is 6.04 Å². The lowest BCUT2D eigenvalue weighted by Gasteiger charge is -2.44. The third-order valence-electron chi connectivity index (χ3n) is 4.67. The molecule has 1 unspecified atom stereocenters. The summed E-state index contributed by atoms with van der Waals surface area (Å²) in [6, 6.07) is 0.784. The summed E-state index contributed by atoms with van der Waals surface area (Å²) in [4.78, 5) is 5.35. The first-order valence-electron chi connectivity index (χ1n) is 7.82. The Labute approximate surface area is 113 Å². The Kier molecular flexibility index (Phi) is 5.05. The Morgan fingerprint density at radius 3 is 2.44 bits per heavy atom. The van der Waals surface area contributed by atoms with Gasteiger partial charge in [0.15, 0.2) is 0 Å². The second-order valence-corrected chi connectivity index (χ2v) is 6.69. The summed E-state index contributed by atoms with van der Waals surface area (Å²) in [6.07, 6.45) is 5.36. The molecule has 2 fully saturated rings. The summed E-state index contributed by atoms with van der Waals surface area (Å²) in [5, 5.41) is 3.70. The first kappa shape index (κ1) is 14.3. The maximum atomic E-state index is 3.70. The molecule has 0 bridgehead atoms. The fraction of sp³-hybridized carbons (Fsp3) is 1.00. The highest BCUT2D eigenvalue weighted by atomic mass is 15.3. The largest absolute Gasteiger partial charge is 0.310 e. The van der Waals surface area contributed by atoms with E-state index in [1.807, 2.05) is 0 Å². The van der Waals surface area contributed by atoms with E-state index in [1.165, 1.54) is 65.0 Å². The normalized spacial score (nSPS) is 30.5. The van der Waals surface area contributed by atoms with Crippen molar-refractivity contribution in [3.05, 3.63) is 0 Å². The van der Waals surface area contributed by atoms with Crippen LogP contribution in [-0.2, 0) is 0 Å². The molecule has 0 amide bonds. The number of hydrogen-bond donors (Lipinski definition) is 1. The number of nitrogens with zero attached hydrogens (tertiary/aromatic N) is 2. The van der Waals surface area contributed by atoms with Crippen molar-refractivity contribution >= 4 is 0 Å². The van der Waals surface area contributed by atoms with E-state index < -0.39 is 0 Å². The zero-order valence-electron chi connectivity index (χ0n) is 12.5. The van der Waals surface area contributed by atoms with Crippen LogP contribution in [0.2, 0.25) is 0 Å². The molecule has 0 aromatic heterocycles. The van der Waals surface area contributed by atoms with Crippen molar-refractivity contribution in [2.45, 2.75) is 58.0 Å². The molecule has 0 spiro atoms. The van der Waals surface area contributed by atoms with Crippen LogP contribution in [0.4, 0.5) is 0 Å². The quantitative estimate of drug-likeness (QED) is 0.826.